The highest BCUT2D eigenvalue weighted by molar-refractivity contribution is 7.91. The number of urea groups is 1. The summed E-state index contributed by atoms with van der Waals surface area (Å²) in [6, 6.07) is 3.41. The van der Waals surface area contributed by atoms with Crippen molar-refractivity contribution < 1.29 is 13.2 Å². The smallest absolute Gasteiger partial charge is 0.319 e. The van der Waals surface area contributed by atoms with Gasteiger partial charge in [-0.15, -0.1) is 0 Å². The zero-order valence-electron chi connectivity index (χ0n) is 13.0. The summed E-state index contributed by atoms with van der Waals surface area (Å²) in [7, 11) is -2.90. The Balaban J connectivity index is 1.46. The molecule has 2 fully saturated rings. The molecule has 2 amide bonds. The quantitative estimate of drug-likeness (QED) is 0.862. The van der Waals surface area contributed by atoms with E-state index < -0.39 is 9.84 Å². The molecule has 3 heterocycles. The number of hydrogen-bond acceptors (Lipinski definition) is 5. The van der Waals surface area contributed by atoms with Crippen molar-refractivity contribution in [1.29, 1.82) is 0 Å². The number of rotatable bonds is 4. The van der Waals surface area contributed by atoms with Crippen LogP contribution in [0.4, 0.5) is 16.3 Å². The molecule has 1 aromatic heterocycles. The molecule has 2 aliphatic heterocycles. The minimum Gasteiger partial charge on any atom is -0.357 e. The highest BCUT2D eigenvalue weighted by Crippen LogP contribution is 2.19. The first-order chi connectivity index (χ1) is 11.0. The van der Waals surface area contributed by atoms with Crippen LogP contribution >= 0.6 is 0 Å². The Morgan fingerprint density at radius 1 is 1.30 bits per heavy atom. The number of amides is 2. The molecule has 0 bridgehead atoms. The van der Waals surface area contributed by atoms with Gasteiger partial charge in [-0.05, 0) is 37.3 Å². The molecule has 2 aliphatic rings. The van der Waals surface area contributed by atoms with Crippen LogP contribution in [-0.4, -0.2) is 50.6 Å². The number of hydrogen-bond donors (Lipinski definition) is 2. The third-order valence-electron chi connectivity index (χ3n) is 4.31. The van der Waals surface area contributed by atoms with Gasteiger partial charge in [0.1, 0.15) is 5.82 Å². The lowest BCUT2D eigenvalue weighted by molar-refractivity contribution is 0.250. The molecule has 0 saturated carbocycles. The molecule has 1 aromatic rings. The fourth-order valence-corrected chi connectivity index (χ4v) is 4.90. The fourth-order valence-electron chi connectivity index (χ4n) is 3.04. The number of anilines is 2. The van der Waals surface area contributed by atoms with Gasteiger partial charge in [-0.25, -0.2) is 18.2 Å². The van der Waals surface area contributed by atoms with Crippen molar-refractivity contribution in [3.8, 4) is 0 Å². The number of nitrogens with zero attached hydrogens (tertiary/aromatic N) is 2. The van der Waals surface area contributed by atoms with Crippen molar-refractivity contribution in [1.82, 2.24) is 10.3 Å². The van der Waals surface area contributed by atoms with Crippen LogP contribution in [0.15, 0.2) is 18.3 Å². The standard InChI is InChI=1S/C15H22N4O3S/c20-15(17-9-12-5-8-23(21,22)11-12)18-13-3-4-14(16-10-13)19-6-1-2-7-19/h3-4,10,12H,1-2,5-9,11H2,(H2,17,18,20). The predicted octanol–water partition coefficient (Wildman–Crippen LogP) is 1.24. The third kappa shape index (κ3) is 4.34. The lowest BCUT2D eigenvalue weighted by Crippen LogP contribution is -2.33. The number of carbonyl (C=O) groups excluding carboxylic acids is 1. The molecular formula is C15H22N4O3S. The van der Waals surface area contributed by atoms with E-state index in [0.717, 1.165) is 18.9 Å². The highest BCUT2D eigenvalue weighted by Gasteiger charge is 2.27. The Morgan fingerprint density at radius 3 is 2.70 bits per heavy atom. The normalized spacial score (nSPS) is 23.0. The van der Waals surface area contributed by atoms with Crippen LogP contribution in [0, 0.1) is 5.92 Å². The van der Waals surface area contributed by atoms with Crippen LogP contribution in [0.2, 0.25) is 0 Å². The van der Waals surface area contributed by atoms with E-state index in [1.807, 2.05) is 12.1 Å². The second-order valence-corrected chi connectivity index (χ2v) is 8.43. The molecule has 0 spiro atoms. The maximum atomic E-state index is 11.9. The Kier molecular flexibility index (Phi) is 4.70. The van der Waals surface area contributed by atoms with Gasteiger partial charge in [0, 0.05) is 19.6 Å². The van der Waals surface area contributed by atoms with Crippen LogP contribution in [0.1, 0.15) is 19.3 Å². The van der Waals surface area contributed by atoms with Crippen LogP contribution in [0.3, 0.4) is 0 Å². The first-order valence-electron chi connectivity index (χ1n) is 7.98. The van der Waals surface area contributed by atoms with Gasteiger partial charge in [0.05, 0.1) is 23.4 Å². The van der Waals surface area contributed by atoms with Crippen molar-refractivity contribution in [2.75, 3.05) is 41.4 Å². The first kappa shape index (κ1) is 16.0. The Labute approximate surface area is 136 Å². The molecule has 8 heteroatoms. The molecular weight excluding hydrogens is 316 g/mol. The largest absolute Gasteiger partial charge is 0.357 e. The average Bonchev–Trinajstić information content (AvgIpc) is 3.15. The maximum absolute atomic E-state index is 11.9. The minimum atomic E-state index is -2.90. The second-order valence-electron chi connectivity index (χ2n) is 6.20. The second kappa shape index (κ2) is 6.74. The van der Waals surface area contributed by atoms with Gasteiger partial charge in [-0.1, -0.05) is 0 Å². The van der Waals surface area contributed by atoms with E-state index in [1.54, 1.807) is 6.20 Å². The van der Waals surface area contributed by atoms with Crippen molar-refractivity contribution in [3.05, 3.63) is 18.3 Å². The number of carbonyl (C=O) groups is 1. The Hall–Kier alpha value is -1.83. The summed E-state index contributed by atoms with van der Waals surface area (Å²) in [5.41, 5.74) is 0.629. The van der Waals surface area contributed by atoms with Crippen LogP contribution in [0.25, 0.3) is 0 Å². The minimum absolute atomic E-state index is 0.0152. The summed E-state index contributed by atoms with van der Waals surface area (Å²) in [5.74, 6) is 1.34. The van der Waals surface area contributed by atoms with E-state index in [2.05, 4.69) is 20.5 Å². The lowest BCUT2D eigenvalue weighted by Gasteiger charge is -2.16. The molecule has 0 aromatic carbocycles. The summed E-state index contributed by atoms with van der Waals surface area (Å²) in [6.45, 7) is 2.44. The van der Waals surface area contributed by atoms with E-state index >= 15 is 0 Å². The van der Waals surface area contributed by atoms with E-state index in [9.17, 15) is 13.2 Å². The fraction of sp³-hybridized carbons (Fsp3) is 0.600. The highest BCUT2D eigenvalue weighted by atomic mass is 32.2. The SMILES string of the molecule is O=C(NCC1CCS(=O)(=O)C1)Nc1ccc(N2CCCC2)nc1. The van der Waals surface area contributed by atoms with Crippen LogP contribution in [0.5, 0.6) is 0 Å². The molecule has 2 saturated heterocycles. The van der Waals surface area contributed by atoms with Crippen LogP contribution in [-0.2, 0) is 9.84 Å². The topological polar surface area (TPSA) is 91.4 Å². The number of pyridine rings is 1. The average molecular weight is 338 g/mol. The zero-order chi connectivity index (χ0) is 16.3. The molecule has 2 N–H and O–H groups in total. The summed E-state index contributed by atoms with van der Waals surface area (Å²) >= 11 is 0. The third-order valence-corrected chi connectivity index (χ3v) is 6.15. The van der Waals surface area contributed by atoms with Crippen molar-refractivity contribution >= 4 is 27.4 Å². The molecule has 1 atom stereocenters. The van der Waals surface area contributed by atoms with E-state index in [-0.39, 0.29) is 23.5 Å². The molecule has 23 heavy (non-hydrogen) atoms. The van der Waals surface area contributed by atoms with Gasteiger partial charge >= 0.3 is 6.03 Å². The predicted molar refractivity (Wildman–Crippen MR) is 89.5 cm³/mol. The zero-order valence-corrected chi connectivity index (χ0v) is 13.8. The van der Waals surface area contributed by atoms with Gasteiger partial charge in [-0.3, -0.25) is 0 Å². The number of aromatic nitrogens is 1. The van der Waals surface area contributed by atoms with Gasteiger partial charge in [0.2, 0.25) is 0 Å². The summed E-state index contributed by atoms with van der Waals surface area (Å²) in [5, 5.41) is 5.45. The molecule has 0 radical (unpaired) electrons. The van der Waals surface area contributed by atoms with E-state index in [1.165, 1.54) is 12.8 Å². The number of nitrogens with one attached hydrogen (secondary N) is 2. The maximum Gasteiger partial charge on any atom is 0.319 e. The van der Waals surface area contributed by atoms with Gasteiger partial charge in [0.25, 0.3) is 0 Å². The molecule has 7 nitrogen and oxygen atoms in total. The number of sulfone groups is 1. The van der Waals surface area contributed by atoms with Crippen molar-refractivity contribution in [2.45, 2.75) is 19.3 Å². The molecule has 1 unspecified atom stereocenters. The molecule has 0 aliphatic carbocycles. The van der Waals surface area contributed by atoms with Gasteiger partial charge < -0.3 is 15.5 Å². The van der Waals surface area contributed by atoms with Gasteiger partial charge in [0.15, 0.2) is 9.84 Å². The lowest BCUT2D eigenvalue weighted by atomic mass is 10.1. The summed E-state index contributed by atoms with van der Waals surface area (Å²) in [4.78, 5) is 18.5. The van der Waals surface area contributed by atoms with Gasteiger partial charge in [-0.2, -0.15) is 0 Å². The monoisotopic (exact) mass is 338 g/mol. The Bertz CT molecular complexity index is 654. The molecule has 3 rings (SSSR count). The van der Waals surface area contributed by atoms with Crippen LogP contribution < -0.4 is 15.5 Å². The van der Waals surface area contributed by atoms with E-state index in [0.29, 0.717) is 18.7 Å². The summed E-state index contributed by atoms with van der Waals surface area (Å²) < 4.78 is 22.8. The van der Waals surface area contributed by atoms with Crippen molar-refractivity contribution in [2.24, 2.45) is 5.92 Å². The molecule has 126 valence electrons. The first-order valence-corrected chi connectivity index (χ1v) is 9.80. The van der Waals surface area contributed by atoms with E-state index in [4.69, 9.17) is 0 Å². The summed E-state index contributed by atoms with van der Waals surface area (Å²) in [6.07, 6.45) is 4.66. The Morgan fingerprint density at radius 2 is 2.09 bits per heavy atom. The van der Waals surface area contributed by atoms with Crippen molar-refractivity contribution in [3.63, 3.8) is 0 Å².